The third-order valence-electron chi connectivity index (χ3n) is 4.05. The molecule has 0 saturated heterocycles. The average Bonchev–Trinajstić information content (AvgIpc) is 2.23. The Morgan fingerprint density at radius 3 is 2.35 bits per heavy atom. The Kier molecular flexibility index (Phi) is 4.14. The number of hydrogen-bond donors (Lipinski definition) is 0. The van der Waals surface area contributed by atoms with E-state index in [0.29, 0.717) is 5.38 Å². The second kappa shape index (κ2) is 5.44. The molecule has 0 bridgehead atoms. The molecule has 0 aliphatic heterocycles. The van der Waals surface area contributed by atoms with Crippen LogP contribution in [0.25, 0.3) is 0 Å². The van der Waals surface area contributed by atoms with Crippen molar-refractivity contribution in [2.75, 3.05) is 0 Å². The molecule has 2 rings (SSSR count). The molecule has 0 amide bonds. The van der Waals surface area contributed by atoms with Crippen LogP contribution in [0.1, 0.15) is 47.9 Å². The van der Waals surface area contributed by atoms with Crippen LogP contribution in [-0.4, -0.2) is 5.38 Å². The highest BCUT2D eigenvalue weighted by atomic mass is 35.5. The predicted molar refractivity (Wildman–Crippen MR) is 76.0 cm³/mol. The van der Waals surface area contributed by atoms with Crippen LogP contribution in [0.5, 0.6) is 0 Å². The van der Waals surface area contributed by atoms with Gasteiger partial charge in [0.25, 0.3) is 0 Å². The van der Waals surface area contributed by atoms with Crippen molar-refractivity contribution in [3.05, 3.63) is 34.4 Å². The van der Waals surface area contributed by atoms with E-state index in [1.54, 1.807) is 5.56 Å². The van der Waals surface area contributed by atoms with Gasteiger partial charge < -0.3 is 0 Å². The number of rotatable bonds is 2. The van der Waals surface area contributed by atoms with E-state index in [-0.39, 0.29) is 0 Å². The van der Waals surface area contributed by atoms with Gasteiger partial charge in [0.2, 0.25) is 0 Å². The summed E-state index contributed by atoms with van der Waals surface area (Å²) in [5, 5.41) is 0.416. The van der Waals surface area contributed by atoms with E-state index in [0.717, 1.165) is 5.92 Å². The van der Waals surface area contributed by atoms with E-state index < -0.39 is 0 Å². The van der Waals surface area contributed by atoms with Gasteiger partial charge in [-0.1, -0.05) is 30.5 Å². The van der Waals surface area contributed by atoms with Gasteiger partial charge in [0.15, 0.2) is 0 Å². The molecule has 0 aromatic heterocycles. The average molecular weight is 251 g/mol. The highest BCUT2D eigenvalue weighted by Gasteiger charge is 2.21. The van der Waals surface area contributed by atoms with Crippen molar-refractivity contribution in [2.45, 2.75) is 58.3 Å². The van der Waals surface area contributed by atoms with Gasteiger partial charge in [0.1, 0.15) is 0 Å². The molecule has 1 aliphatic rings. The molecule has 1 aliphatic carbocycles. The lowest BCUT2D eigenvalue weighted by Crippen LogP contribution is -2.18. The van der Waals surface area contributed by atoms with Gasteiger partial charge in [-0.3, -0.25) is 0 Å². The molecular weight excluding hydrogens is 228 g/mol. The molecule has 1 aromatic carbocycles. The Labute approximate surface area is 110 Å². The Morgan fingerprint density at radius 2 is 1.76 bits per heavy atom. The van der Waals surface area contributed by atoms with Crippen LogP contribution in [0.3, 0.4) is 0 Å². The monoisotopic (exact) mass is 250 g/mol. The molecule has 17 heavy (non-hydrogen) atoms. The minimum Gasteiger partial charge on any atom is -0.123 e. The summed E-state index contributed by atoms with van der Waals surface area (Å²) in [6, 6.07) is 4.62. The Hall–Kier alpha value is -0.490. The van der Waals surface area contributed by atoms with E-state index >= 15 is 0 Å². The van der Waals surface area contributed by atoms with Crippen LogP contribution in [0.4, 0.5) is 0 Å². The predicted octanol–water partition coefficient (Wildman–Crippen LogP) is 4.95. The van der Waals surface area contributed by atoms with Crippen molar-refractivity contribution < 1.29 is 0 Å². The summed E-state index contributed by atoms with van der Waals surface area (Å²) in [4.78, 5) is 0. The highest BCUT2D eigenvalue weighted by Crippen LogP contribution is 2.32. The summed E-state index contributed by atoms with van der Waals surface area (Å²) < 4.78 is 0. The summed E-state index contributed by atoms with van der Waals surface area (Å²) in [5.41, 5.74) is 5.85. The quantitative estimate of drug-likeness (QED) is 0.652. The molecule has 1 aromatic rings. The number of alkyl halides is 1. The maximum Gasteiger partial charge on any atom is 0.0338 e. The van der Waals surface area contributed by atoms with Crippen molar-refractivity contribution in [3.8, 4) is 0 Å². The van der Waals surface area contributed by atoms with E-state index in [4.69, 9.17) is 11.6 Å². The van der Waals surface area contributed by atoms with Crippen LogP contribution >= 0.6 is 11.6 Å². The molecule has 1 fully saturated rings. The van der Waals surface area contributed by atoms with Crippen LogP contribution in [0.15, 0.2) is 12.1 Å². The molecule has 0 nitrogen and oxygen atoms in total. The fraction of sp³-hybridized carbons (Fsp3) is 0.625. The van der Waals surface area contributed by atoms with Crippen LogP contribution in [0.2, 0.25) is 0 Å². The minimum absolute atomic E-state index is 0.416. The van der Waals surface area contributed by atoms with E-state index in [9.17, 15) is 0 Å². The molecule has 0 spiro atoms. The van der Waals surface area contributed by atoms with E-state index in [1.165, 1.54) is 48.8 Å². The van der Waals surface area contributed by atoms with Gasteiger partial charge in [-0.25, -0.2) is 0 Å². The molecule has 94 valence electrons. The molecule has 2 atom stereocenters. The van der Waals surface area contributed by atoms with Gasteiger partial charge in [0, 0.05) is 5.38 Å². The van der Waals surface area contributed by atoms with Gasteiger partial charge in [-0.2, -0.15) is 0 Å². The van der Waals surface area contributed by atoms with Crippen LogP contribution < -0.4 is 0 Å². The van der Waals surface area contributed by atoms with Crippen molar-refractivity contribution in [3.63, 3.8) is 0 Å². The minimum atomic E-state index is 0.416. The Bertz CT molecular complexity index is 372. The second-order valence-electron chi connectivity index (χ2n) is 5.71. The summed E-state index contributed by atoms with van der Waals surface area (Å²) in [5.74, 6) is 0.798. The highest BCUT2D eigenvalue weighted by molar-refractivity contribution is 6.20. The molecule has 1 saturated carbocycles. The molecule has 0 radical (unpaired) electrons. The number of benzene rings is 1. The zero-order valence-electron chi connectivity index (χ0n) is 11.2. The fourth-order valence-electron chi connectivity index (χ4n) is 3.23. The normalized spacial score (nSPS) is 24.9. The number of halogens is 1. The smallest absolute Gasteiger partial charge is 0.0338 e. The molecule has 2 unspecified atom stereocenters. The van der Waals surface area contributed by atoms with Crippen LogP contribution in [0, 0.1) is 26.7 Å². The Balaban J connectivity index is 2.12. The maximum absolute atomic E-state index is 6.28. The van der Waals surface area contributed by atoms with Gasteiger partial charge in [-0.15, -0.1) is 11.6 Å². The largest absolute Gasteiger partial charge is 0.123 e. The Morgan fingerprint density at radius 1 is 1.12 bits per heavy atom. The number of aryl methyl sites for hydroxylation is 3. The fourth-order valence-corrected chi connectivity index (χ4v) is 3.64. The molecular formula is C16H23Cl. The third-order valence-corrected chi connectivity index (χ3v) is 4.45. The molecule has 1 heteroatoms. The lowest BCUT2D eigenvalue weighted by Gasteiger charge is -2.26. The topological polar surface area (TPSA) is 0 Å². The van der Waals surface area contributed by atoms with Crippen molar-refractivity contribution in [1.29, 1.82) is 0 Å². The lowest BCUT2D eigenvalue weighted by molar-refractivity contribution is 0.360. The summed E-state index contributed by atoms with van der Waals surface area (Å²) in [7, 11) is 0. The summed E-state index contributed by atoms with van der Waals surface area (Å²) >= 11 is 6.28. The first-order valence-electron chi connectivity index (χ1n) is 6.77. The molecule has 0 N–H and O–H groups in total. The van der Waals surface area contributed by atoms with E-state index in [2.05, 4.69) is 32.9 Å². The second-order valence-corrected chi connectivity index (χ2v) is 6.33. The van der Waals surface area contributed by atoms with Gasteiger partial charge >= 0.3 is 0 Å². The standard InChI is InChI=1S/C16H23Cl/c1-11-7-12(2)16(13(3)8-11)10-14-5-4-6-15(17)9-14/h7-8,14-15H,4-6,9-10H2,1-3H3. The van der Waals surface area contributed by atoms with E-state index in [1.807, 2.05) is 0 Å². The third kappa shape index (κ3) is 3.25. The first-order valence-corrected chi connectivity index (χ1v) is 7.20. The van der Waals surface area contributed by atoms with Gasteiger partial charge in [-0.05, 0) is 62.6 Å². The maximum atomic E-state index is 6.28. The first kappa shape index (κ1) is 13.0. The SMILES string of the molecule is Cc1cc(C)c(CC2CCCC(Cl)C2)c(C)c1. The van der Waals surface area contributed by atoms with Crippen molar-refractivity contribution in [2.24, 2.45) is 5.92 Å². The van der Waals surface area contributed by atoms with Gasteiger partial charge in [0.05, 0.1) is 0 Å². The first-order chi connectivity index (χ1) is 8.06. The van der Waals surface area contributed by atoms with Crippen LogP contribution in [-0.2, 0) is 6.42 Å². The number of hydrogen-bond acceptors (Lipinski definition) is 0. The zero-order valence-corrected chi connectivity index (χ0v) is 12.0. The van der Waals surface area contributed by atoms with Crippen molar-refractivity contribution >= 4 is 11.6 Å². The van der Waals surface area contributed by atoms with Crippen molar-refractivity contribution in [1.82, 2.24) is 0 Å². The zero-order chi connectivity index (χ0) is 12.4. The summed E-state index contributed by atoms with van der Waals surface area (Å²) in [6.07, 6.45) is 6.30. The lowest BCUT2D eigenvalue weighted by atomic mass is 9.82. The summed E-state index contributed by atoms with van der Waals surface area (Å²) in [6.45, 7) is 6.67. The molecule has 0 heterocycles.